The Bertz CT molecular complexity index is 691. The molecule has 0 bridgehead atoms. The molecule has 0 saturated heterocycles. The number of carbonyl (C=O) groups excluding carboxylic acids is 2. The van der Waals surface area contributed by atoms with Crippen molar-refractivity contribution in [3.05, 3.63) is 59.7 Å². The highest BCUT2D eigenvalue weighted by atomic mass is 16.5. The molecule has 4 nitrogen and oxygen atoms in total. The predicted octanol–water partition coefficient (Wildman–Crippen LogP) is 3.05. The third kappa shape index (κ3) is 2.79. The van der Waals surface area contributed by atoms with Crippen molar-refractivity contribution in [1.82, 2.24) is 0 Å². The average molecular weight is 282 g/mol. The topological polar surface area (TPSA) is 52.6 Å². The van der Waals surface area contributed by atoms with Crippen LogP contribution in [0.15, 0.2) is 48.5 Å². The lowest BCUT2D eigenvalue weighted by molar-refractivity contribution is -0.136. The maximum atomic E-state index is 11.8. The molecule has 0 fully saturated rings. The molecule has 0 saturated carbocycles. The Labute approximate surface area is 122 Å². The molecule has 1 heterocycles. The molecule has 1 unspecified atom stereocenters. The smallest absolute Gasteiger partial charge is 0.312 e. The maximum absolute atomic E-state index is 11.8. The molecule has 0 N–H and O–H groups in total. The summed E-state index contributed by atoms with van der Waals surface area (Å²) in [7, 11) is 0. The Balaban J connectivity index is 2.05. The van der Waals surface area contributed by atoms with Gasteiger partial charge in [0.15, 0.2) is 0 Å². The zero-order valence-corrected chi connectivity index (χ0v) is 11.5. The van der Waals surface area contributed by atoms with Crippen molar-refractivity contribution in [3.63, 3.8) is 0 Å². The number of benzene rings is 2. The van der Waals surface area contributed by atoms with E-state index in [9.17, 15) is 9.59 Å². The van der Waals surface area contributed by atoms with Crippen LogP contribution >= 0.6 is 0 Å². The van der Waals surface area contributed by atoms with Crippen molar-refractivity contribution in [2.75, 3.05) is 0 Å². The quantitative estimate of drug-likeness (QED) is 0.627. The summed E-state index contributed by atoms with van der Waals surface area (Å²) in [6.45, 7) is 1.36. The highest BCUT2D eigenvalue weighted by Gasteiger charge is 2.28. The summed E-state index contributed by atoms with van der Waals surface area (Å²) < 4.78 is 10.4. The Morgan fingerprint density at radius 1 is 1.19 bits per heavy atom. The number of rotatable bonds is 2. The highest BCUT2D eigenvalue weighted by Crippen LogP contribution is 2.40. The summed E-state index contributed by atoms with van der Waals surface area (Å²) in [5.74, 6) is 0.268. The lowest BCUT2D eigenvalue weighted by Crippen LogP contribution is -2.21. The van der Waals surface area contributed by atoms with Crippen molar-refractivity contribution in [3.8, 4) is 11.5 Å². The maximum Gasteiger partial charge on any atom is 0.312 e. The molecule has 1 aliphatic rings. The second-order valence-corrected chi connectivity index (χ2v) is 4.93. The molecule has 3 rings (SSSR count). The van der Waals surface area contributed by atoms with E-state index in [-0.39, 0.29) is 24.3 Å². The zero-order chi connectivity index (χ0) is 14.8. The van der Waals surface area contributed by atoms with Gasteiger partial charge in [-0.15, -0.1) is 0 Å². The van der Waals surface area contributed by atoms with E-state index in [0.29, 0.717) is 11.5 Å². The van der Waals surface area contributed by atoms with E-state index in [1.807, 2.05) is 30.3 Å². The van der Waals surface area contributed by atoms with Gasteiger partial charge in [-0.25, -0.2) is 0 Å². The Kier molecular flexibility index (Phi) is 3.44. The monoisotopic (exact) mass is 282 g/mol. The van der Waals surface area contributed by atoms with Crippen molar-refractivity contribution < 1.29 is 19.1 Å². The average Bonchev–Trinajstić information content (AvgIpc) is 2.47. The van der Waals surface area contributed by atoms with E-state index >= 15 is 0 Å². The van der Waals surface area contributed by atoms with Gasteiger partial charge in [-0.2, -0.15) is 0 Å². The lowest BCUT2D eigenvalue weighted by atomic mass is 9.86. The van der Waals surface area contributed by atoms with Crippen molar-refractivity contribution in [2.45, 2.75) is 19.3 Å². The van der Waals surface area contributed by atoms with Crippen LogP contribution in [0.1, 0.15) is 30.4 Å². The first-order valence-electron chi connectivity index (χ1n) is 6.71. The van der Waals surface area contributed by atoms with Crippen LogP contribution in [0.2, 0.25) is 0 Å². The van der Waals surface area contributed by atoms with Gasteiger partial charge in [0, 0.05) is 18.4 Å². The Hall–Kier alpha value is -2.62. The van der Waals surface area contributed by atoms with Crippen molar-refractivity contribution in [2.24, 2.45) is 0 Å². The summed E-state index contributed by atoms with van der Waals surface area (Å²) in [5.41, 5.74) is 1.90. The standard InChI is InChI=1S/C17H14O4/c1-11(18)20-13-7-8-16-15(9-13)14(10-17(19)21-16)12-5-3-2-4-6-12/h2-9,14H,10H2,1H3. The van der Waals surface area contributed by atoms with Gasteiger partial charge in [-0.3, -0.25) is 9.59 Å². The van der Waals surface area contributed by atoms with Gasteiger partial charge in [-0.05, 0) is 23.8 Å². The molecule has 0 aliphatic carbocycles. The lowest BCUT2D eigenvalue weighted by Gasteiger charge is -2.25. The van der Waals surface area contributed by atoms with Crippen LogP contribution in [0.25, 0.3) is 0 Å². The molecular weight excluding hydrogens is 268 g/mol. The molecule has 1 aliphatic heterocycles. The molecule has 0 amide bonds. The number of fused-ring (bicyclic) bond motifs is 1. The molecule has 0 spiro atoms. The second-order valence-electron chi connectivity index (χ2n) is 4.93. The summed E-state index contributed by atoms with van der Waals surface area (Å²) in [4.78, 5) is 22.8. The van der Waals surface area contributed by atoms with Gasteiger partial charge in [0.1, 0.15) is 11.5 Å². The molecule has 0 radical (unpaired) electrons. The minimum Gasteiger partial charge on any atom is -0.427 e. The molecule has 21 heavy (non-hydrogen) atoms. The first-order valence-corrected chi connectivity index (χ1v) is 6.71. The van der Waals surface area contributed by atoms with Crippen LogP contribution < -0.4 is 9.47 Å². The van der Waals surface area contributed by atoms with Crippen LogP contribution in [-0.4, -0.2) is 11.9 Å². The van der Waals surface area contributed by atoms with E-state index in [1.54, 1.807) is 18.2 Å². The second kappa shape index (κ2) is 5.40. The molecule has 1 atom stereocenters. The fraction of sp³-hybridized carbons (Fsp3) is 0.176. The minimum atomic E-state index is -0.376. The van der Waals surface area contributed by atoms with Crippen molar-refractivity contribution >= 4 is 11.9 Å². The van der Waals surface area contributed by atoms with E-state index < -0.39 is 0 Å². The summed E-state index contributed by atoms with van der Waals surface area (Å²) in [6.07, 6.45) is 0.278. The largest absolute Gasteiger partial charge is 0.427 e. The van der Waals surface area contributed by atoms with Crippen LogP contribution in [0.3, 0.4) is 0 Å². The fourth-order valence-corrected chi connectivity index (χ4v) is 2.54. The molecule has 2 aromatic rings. The van der Waals surface area contributed by atoms with E-state index in [0.717, 1.165) is 11.1 Å². The predicted molar refractivity (Wildman–Crippen MR) is 76.3 cm³/mol. The Morgan fingerprint density at radius 3 is 2.67 bits per heavy atom. The van der Waals surface area contributed by atoms with Gasteiger partial charge >= 0.3 is 11.9 Å². The third-order valence-corrected chi connectivity index (χ3v) is 3.41. The summed E-state index contributed by atoms with van der Waals surface area (Å²) in [6, 6.07) is 14.8. The summed E-state index contributed by atoms with van der Waals surface area (Å²) in [5, 5.41) is 0. The molecule has 106 valence electrons. The number of hydrogen-bond acceptors (Lipinski definition) is 4. The summed E-state index contributed by atoms with van der Waals surface area (Å²) >= 11 is 0. The van der Waals surface area contributed by atoms with Crippen LogP contribution in [-0.2, 0) is 9.59 Å². The number of ether oxygens (including phenoxy) is 2. The van der Waals surface area contributed by atoms with Crippen LogP contribution in [0.5, 0.6) is 11.5 Å². The molecule has 0 aromatic heterocycles. The van der Waals surface area contributed by atoms with E-state index in [4.69, 9.17) is 9.47 Å². The number of esters is 2. The number of hydrogen-bond donors (Lipinski definition) is 0. The zero-order valence-electron chi connectivity index (χ0n) is 11.5. The minimum absolute atomic E-state index is 0.0852. The van der Waals surface area contributed by atoms with E-state index in [1.165, 1.54) is 6.92 Å². The van der Waals surface area contributed by atoms with Crippen LogP contribution in [0.4, 0.5) is 0 Å². The number of carbonyl (C=O) groups is 2. The normalized spacial score (nSPS) is 16.8. The Morgan fingerprint density at radius 2 is 1.95 bits per heavy atom. The molecular formula is C17H14O4. The van der Waals surface area contributed by atoms with Crippen molar-refractivity contribution in [1.29, 1.82) is 0 Å². The fourth-order valence-electron chi connectivity index (χ4n) is 2.54. The van der Waals surface area contributed by atoms with Gasteiger partial charge in [0.2, 0.25) is 0 Å². The van der Waals surface area contributed by atoms with E-state index in [2.05, 4.69) is 0 Å². The SMILES string of the molecule is CC(=O)Oc1ccc2c(c1)C(c1ccccc1)CC(=O)O2. The third-order valence-electron chi connectivity index (χ3n) is 3.41. The molecule has 2 aromatic carbocycles. The van der Waals surface area contributed by atoms with Gasteiger partial charge in [0.05, 0.1) is 6.42 Å². The first-order chi connectivity index (χ1) is 10.1. The highest BCUT2D eigenvalue weighted by molar-refractivity contribution is 5.78. The van der Waals surface area contributed by atoms with Gasteiger partial charge in [-0.1, -0.05) is 30.3 Å². The molecule has 4 heteroatoms. The van der Waals surface area contributed by atoms with Gasteiger partial charge < -0.3 is 9.47 Å². The van der Waals surface area contributed by atoms with Crippen LogP contribution in [0, 0.1) is 0 Å². The van der Waals surface area contributed by atoms with Gasteiger partial charge in [0.25, 0.3) is 0 Å². The first kappa shape index (κ1) is 13.4.